The van der Waals surface area contributed by atoms with Crippen LogP contribution in [0.1, 0.15) is 12.8 Å². The number of hydrazine groups is 1. The summed E-state index contributed by atoms with van der Waals surface area (Å²) >= 11 is 7.34. The summed E-state index contributed by atoms with van der Waals surface area (Å²) in [5.41, 5.74) is 3.08. The van der Waals surface area contributed by atoms with Crippen molar-refractivity contribution in [3.05, 3.63) is 11.1 Å². The van der Waals surface area contributed by atoms with E-state index in [4.69, 9.17) is 11.6 Å². The van der Waals surface area contributed by atoms with Gasteiger partial charge in [0, 0.05) is 11.1 Å². The van der Waals surface area contributed by atoms with Crippen molar-refractivity contribution in [1.82, 2.24) is 9.84 Å². The molecule has 1 heterocycles. The second kappa shape index (κ2) is 2.64. The minimum atomic E-state index is 0.539. The third kappa shape index (κ3) is 1.26. The number of hydrogen-bond donors (Lipinski definition) is 1. The molecule has 1 aliphatic heterocycles. The minimum absolute atomic E-state index is 0.539. The Kier molecular flexibility index (Phi) is 1.80. The molecule has 0 radical (unpaired) electrons. The van der Waals surface area contributed by atoms with Crippen LogP contribution in [-0.2, 0) is 0 Å². The Morgan fingerprint density at radius 2 is 2.60 bits per heavy atom. The van der Waals surface area contributed by atoms with Gasteiger partial charge in [-0.2, -0.15) is 0 Å². The fourth-order valence-electron chi connectivity index (χ4n) is 0.935. The average molecular weight is 177 g/mol. The number of nitrogens with zero attached hydrogens (tertiary/aromatic N) is 1. The Morgan fingerprint density at radius 3 is 3.10 bits per heavy atom. The molecule has 10 heavy (non-hydrogen) atoms. The summed E-state index contributed by atoms with van der Waals surface area (Å²) < 4.78 is 1.93. The maximum atomic E-state index is 5.61. The molecule has 1 aliphatic carbocycles. The van der Waals surface area contributed by atoms with E-state index in [1.54, 1.807) is 11.9 Å². The average Bonchev–Trinajstić information content (AvgIpc) is 2.70. The van der Waals surface area contributed by atoms with Crippen molar-refractivity contribution in [3.8, 4) is 0 Å². The molecule has 2 aliphatic rings. The molecule has 0 atom stereocenters. The van der Waals surface area contributed by atoms with Crippen LogP contribution in [0.5, 0.6) is 0 Å². The predicted molar refractivity (Wildman–Crippen MR) is 44.1 cm³/mol. The van der Waals surface area contributed by atoms with E-state index in [2.05, 4.69) is 11.6 Å². The van der Waals surface area contributed by atoms with Crippen LogP contribution in [-0.4, -0.2) is 10.4 Å². The summed E-state index contributed by atoms with van der Waals surface area (Å²) in [6.07, 6.45) is 4.78. The summed E-state index contributed by atoms with van der Waals surface area (Å²) in [5, 5.41) is 0. The molecule has 0 unspecified atom stereocenters. The van der Waals surface area contributed by atoms with Crippen molar-refractivity contribution in [2.75, 3.05) is 6.00 Å². The third-order valence-electron chi connectivity index (χ3n) is 1.65. The summed E-state index contributed by atoms with van der Waals surface area (Å²) in [5.74, 6) is 0.839. The fourth-order valence-corrected chi connectivity index (χ4v) is 2.05. The van der Waals surface area contributed by atoms with E-state index < -0.39 is 0 Å². The zero-order valence-electron chi connectivity index (χ0n) is 5.51. The van der Waals surface area contributed by atoms with E-state index in [0.29, 0.717) is 6.00 Å². The van der Waals surface area contributed by atoms with Crippen LogP contribution in [0.3, 0.4) is 0 Å². The number of allylic oxidation sites excluding steroid dienone is 1. The first-order valence-corrected chi connectivity index (χ1v) is 4.68. The molecule has 2 nitrogen and oxygen atoms in total. The van der Waals surface area contributed by atoms with Crippen molar-refractivity contribution >= 4 is 23.5 Å². The van der Waals surface area contributed by atoms with E-state index in [0.717, 1.165) is 5.92 Å². The smallest absolute Gasteiger partial charge is 0.104 e. The molecule has 56 valence electrons. The molecule has 0 aromatic rings. The fraction of sp³-hybridized carbons (Fsp3) is 0.667. The molecule has 4 heteroatoms. The van der Waals surface area contributed by atoms with Gasteiger partial charge in [-0.3, -0.25) is 0 Å². The largest absolute Gasteiger partial charge is 0.314 e. The summed E-state index contributed by atoms with van der Waals surface area (Å²) in [7, 11) is 0. The molecule has 0 aromatic carbocycles. The number of alkyl halides is 1. The van der Waals surface area contributed by atoms with Gasteiger partial charge in [0.1, 0.15) is 6.00 Å². The molecular weight excluding hydrogens is 168 g/mol. The molecule has 0 saturated heterocycles. The van der Waals surface area contributed by atoms with Gasteiger partial charge in [0.2, 0.25) is 0 Å². The molecule has 0 spiro atoms. The zero-order chi connectivity index (χ0) is 6.97. The second-order valence-electron chi connectivity index (χ2n) is 2.54. The van der Waals surface area contributed by atoms with Gasteiger partial charge < -0.3 is 5.43 Å². The quantitative estimate of drug-likeness (QED) is 0.393. The van der Waals surface area contributed by atoms with E-state index in [1.165, 1.54) is 17.7 Å². The van der Waals surface area contributed by atoms with Gasteiger partial charge in [-0.15, -0.1) is 16.0 Å². The van der Waals surface area contributed by atoms with Crippen molar-refractivity contribution in [1.29, 1.82) is 0 Å². The van der Waals surface area contributed by atoms with Crippen LogP contribution < -0.4 is 5.43 Å². The lowest BCUT2D eigenvalue weighted by molar-refractivity contribution is 0.483. The number of nitrogens with one attached hydrogen (secondary N) is 1. The van der Waals surface area contributed by atoms with Crippen LogP contribution in [0.25, 0.3) is 0 Å². The Balaban J connectivity index is 1.89. The predicted octanol–water partition coefficient (Wildman–Crippen LogP) is 1.90. The highest BCUT2D eigenvalue weighted by Gasteiger charge is 2.30. The minimum Gasteiger partial charge on any atom is -0.314 e. The van der Waals surface area contributed by atoms with E-state index in [1.807, 2.05) is 4.41 Å². The number of hydrogen-bond acceptors (Lipinski definition) is 3. The van der Waals surface area contributed by atoms with Crippen LogP contribution in [0.4, 0.5) is 0 Å². The van der Waals surface area contributed by atoms with Gasteiger partial charge in [0.25, 0.3) is 0 Å². The highest BCUT2D eigenvalue weighted by atomic mass is 35.5. The maximum absolute atomic E-state index is 5.61. The maximum Gasteiger partial charge on any atom is 0.104 e. The Bertz CT molecular complexity index is 167. The van der Waals surface area contributed by atoms with E-state index in [9.17, 15) is 0 Å². The standard InChI is InChI=1S/C6H9ClN2S/c7-4-9-8-3-6(10-9)5-1-2-5/h3,5,8H,1-2,4H2. The highest BCUT2D eigenvalue weighted by molar-refractivity contribution is 8.01. The number of halogens is 1. The van der Waals surface area contributed by atoms with Crippen LogP contribution in [0.15, 0.2) is 11.1 Å². The van der Waals surface area contributed by atoms with Crippen LogP contribution in [0, 0.1) is 5.92 Å². The van der Waals surface area contributed by atoms with E-state index >= 15 is 0 Å². The Hall–Kier alpha value is 0.140. The lowest BCUT2D eigenvalue weighted by Crippen LogP contribution is -2.21. The summed E-state index contributed by atoms with van der Waals surface area (Å²) in [4.78, 5) is 1.45. The molecule has 0 aromatic heterocycles. The van der Waals surface area contributed by atoms with Gasteiger partial charge >= 0.3 is 0 Å². The monoisotopic (exact) mass is 176 g/mol. The topological polar surface area (TPSA) is 15.3 Å². The molecule has 1 N–H and O–H groups in total. The van der Waals surface area contributed by atoms with Crippen molar-refractivity contribution in [2.24, 2.45) is 5.92 Å². The normalized spacial score (nSPS) is 26.3. The molecule has 1 fully saturated rings. The van der Waals surface area contributed by atoms with Gasteiger partial charge in [-0.05, 0) is 30.7 Å². The lowest BCUT2D eigenvalue weighted by atomic mass is 10.4. The van der Waals surface area contributed by atoms with Crippen molar-refractivity contribution < 1.29 is 0 Å². The summed E-state index contributed by atoms with van der Waals surface area (Å²) in [6.45, 7) is 0. The molecule has 0 bridgehead atoms. The first-order valence-electron chi connectivity index (χ1n) is 3.38. The Morgan fingerprint density at radius 1 is 1.80 bits per heavy atom. The highest BCUT2D eigenvalue weighted by Crippen LogP contribution is 2.44. The van der Waals surface area contributed by atoms with Gasteiger partial charge in [-0.25, -0.2) is 0 Å². The SMILES string of the molecule is ClCN1NC=C(C2CC2)S1. The van der Waals surface area contributed by atoms with Crippen molar-refractivity contribution in [2.45, 2.75) is 12.8 Å². The van der Waals surface area contributed by atoms with E-state index in [-0.39, 0.29) is 0 Å². The molecular formula is C6H9ClN2S. The molecule has 0 amide bonds. The van der Waals surface area contributed by atoms with Crippen LogP contribution in [0.2, 0.25) is 0 Å². The lowest BCUT2D eigenvalue weighted by Gasteiger charge is -2.08. The zero-order valence-corrected chi connectivity index (χ0v) is 7.08. The first-order chi connectivity index (χ1) is 4.90. The van der Waals surface area contributed by atoms with Crippen LogP contribution >= 0.6 is 23.5 Å². The third-order valence-corrected chi connectivity index (χ3v) is 3.15. The van der Waals surface area contributed by atoms with Gasteiger partial charge in [0.05, 0.1) is 0 Å². The Labute approximate surface area is 69.7 Å². The second-order valence-corrected chi connectivity index (χ2v) is 3.87. The first kappa shape index (κ1) is 6.83. The molecule has 1 saturated carbocycles. The number of rotatable bonds is 2. The van der Waals surface area contributed by atoms with Gasteiger partial charge in [0.15, 0.2) is 0 Å². The summed E-state index contributed by atoms with van der Waals surface area (Å²) in [6, 6.07) is 0.539. The molecule has 2 rings (SSSR count). The van der Waals surface area contributed by atoms with Crippen molar-refractivity contribution in [3.63, 3.8) is 0 Å². The van der Waals surface area contributed by atoms with Gasteiger partial charge in [-0.1, -0.05) is 0 Å².